The number of nitrogens with zero attached hydrogens (tertiary/aromatic N) is 2. The molecule has 1 heterocycles. The molecule has 0 atom stereocenters. The van der Waals surface area contributed by atoms with Crippen LogP contribution < -0.4 is 0 Å². The smallest absolute Gasteiger partial charge is 0.319 e. The van der Waals surface area contributed by atoms with Gasteiger partial charge in [-0.2, -0.15) is 0 Å². The molecule has 1 aliphatic rings. The zero-order valence-corrected chi connectivity index (χ0v) is 16.2. The number of hydrogen-bond acceptors (Lipinski definition) is 4. The van der Waals surface area contributed by atoms with Crippen LogP contribution in [0.3, 0.4) is 0 Å². The van der Waals surface area contributed by atoms with Gasteiger partial charge in [-0.3, -0.25) is 9.69 Å². The Morgan fingerprint density at radius 2 is 1.44 bits per heavy atom. The lowest BCUT2D eigenvalue weighted by molar-refractivity contribution is -0.141. The Morgan fingerprint density at radius 1 is 0.889 bits per heavy atom. The van der Waals surface area contributed by atoms with Crippen LogP contribution in [0, 0.1) is 0 Å². The Morgan fingerprint density at radius 3 is 2.04 bits per heavy atom. The summed E-state index contributed by atoms with van der Waals surface area (Å²) in [6.07, 6.45) is 2.20. The van der Waals surface area contributed by atoms with Crippen molar-refractivity contribution in [1.29, 1.82) is 0 Å². The Kier molecular flexibility index (Phi) is 7.43. The van der Waals surface area contributed by atoms with E-state index in [2.05, 4.69) is 70.5 Å². The van der Waals surface area contributed by atoms with Crippen molar-refractivity contribution in [1.82, 2.24) is 9.80 Å². The fourth-order valence-electron chi connectivity index (χ4n) is 3.86. The van der Waals surface area contributed by atoms with Crippen LogP contribution in [0.4, 0.5) is 0 Å². The molecule has 3 rings (SSSR count). The maximum absolute atomic E-state index is 11.5. The van der Waals surface area contributed by atoms with Crippen LogP contribution in [-0.4, -0.2) is 62.1 Å². The minimum Gasteiger partial charge on any atom is -0.468 e. The first-order chi connectivity index (χ1) is 13.3. The molecular weight excluding hydrogens is 336 g/mol. The Hall–Kier alpha value is -2.17. The molecule has 0 amide bonds. The average Bonchev–Trinajstić information content (AvgIpc) is 2.95. The van der Waals surface area contributed by atoms with Crippen molar-refractivity contribution in [3.8, 4) is 0 Å². The van der Waals surface area contributed by atoms with Gasteiger partial charge in [0.25, 0.3) is 0 Å². The largest absolute Gasteiger partial charge is 0.468 e. The van der Waals surface area contributed by atoms with E-state index in [4.69, 9.17) is 4.74 Å². The summed E-state index contributed by atoms with van der Waals surface area (Å²) >= 11 is 0. The van der Waals surface area contributed by atoms with Gasteiger partial charge >= 0.3 is 5.97 Å². The van der Waals surface area contributed by atoms with Gasteiger partial charge in [0.05, 0.1) is 13.7 Å². The molecule has 0 bridgehead atoms. The number of esters is 1. The van der Waals surface area contributed by atoms with E-state index in [1.54, 1.807) is 0 Å². The van der Waals surface area contributed by atoms with Gasteiger partial charge in [-0.05, 0) is 37.1 Å². The highest BCUT2D eigenvalue weighted by molar-refractivity contribution is 5.71. The lowest BCUT2D eigenvalue weighted by Crippen LogP contribution is -2.35. The molecule has 0 radical (unpaired) electrons. The van der Waals surface area contributed by atoms with Gasteiger partial charge in [0.1, 0.15) is 0 Å². The van der Waals surface area contributed by atoms with Gasteiger partial charge in [0, 0.05) is 25.6 Å². The molecule has 1 fully saturated rings. The van der Waals surface area contributed by atoms with Crippen molar-refractivity contribution < 1.29 is 9.53 Å². The Balaban J connectivity index is 1.60. The number of benzene rings is 2. The molecule has 0 saturated carbocycles. The summed E-state index contributed by atoms with van der Waals surface area (Å²) in [7, 11) is 1.46. The molecule has 27 heavy (non-hydrogen) atoms. The standard InChI is InChI=1S/C23H30N2O2/c1-27-23(26)19-25-15-8-14-24(17-18-25)16-13-22(20-9-4-2-5-10-20)21-11-6-3-7-12-21/h2-7,9-12,22H,8,13-19H2,1H3. The number of rotatable bonds is 7. The highest BCUT2D eigenvalue weighted by Crippen LogP contribution is 2.28. The van der Waals surface area contributed by atoms with Gasteiger partial charge in [0.15, 0.2) is 0 Å². The predicted molar refractivity (Wildman–Crippen MR) is 109 cm³/mol. The normalized spacial score (nSPS) is 16.2. The van der Waals surface area contributed by atoms with E-state index in [9.17, 15) is 4.79 Å². The van der Waals surface area contributed by atoms with Crippen molar-refractivity contribution in [2.45, 2.75) is 18.8 Å². The molecule has 1 saturated heterocycles. The summed E-state index contributed by atoms with van der Waals surface area (Å²) in [4.78, 5) is 16.3. The molecular formula is C23H30N2O2. The van der Waals surface area contributed by atoms with Crippen LogP contribution in [0.2, 0.25) is 0 Å². The minimum atomic E-state index is -0.142. The molecule has 144 valence electrons. The number of carbonyl (C=O) groups is 1. The van der Waals surface area contributed by atoms with Crippen LogP contribution in [0.15, 0.2) is 60.7 Å². The third-order valence-electron chi connectivity index (χ3n) is 5.40. The van der Waals surface area contributed by atoms with Crippen molar-refractivity contribution in [2.75, 3.05) is 46.4 Å². The van der Waals surface area contributed by atoms with Crippen LogP contribution >= 0.6 is 0 Å². The lowest BCUT2D eigenvalue weighted by Gasteiger charge is -2.25. The SMILES string of the molecule is COC(=O)CN1CCCN(CCC(c2ccccc2)c2ccccc2)CC1. The number of carbonyl (C=O) groups excluding carboxylic acids is 1. The molecule has 0 spiro atoms. The van der Waals surface area contributed by atoms with Gasteiger partial charge < -0.3 is 9.64 Å². The topological polar surface area (TPSA) is 32.8 Å². The third kappa shape index (κ3) is 5.91. The highest BCUT2D eigenvalue weighted by Gasteiger charge is 2.19. The van der Waals surface area contributed by atoms with E-state index in [0.29, 0.717) is 12.5 Å². The number of hydrogen-bond donors (Lipinski definition) is 0. The van der Waals surface area contributed by atoms with Crippen molar-refractivity contribution >= 4 is 5.97 Å². The summed E-state index contributed by atoms with van der Waals surface area (Å²) in [5.41, 5.74) is 2.76. The molecule has 2 aromatic carbocycles. The zero-order valence-electron chi connectivity index (χ0n) is 16.2. The Bertz CT molecular complexity index is 651. The van der Waals surface area contributed by atoms with Crippen LogP contribution in [0.1, 0.15) is 29.9 Å². The second-order valence-corrected chi connectivity index (χ2v) is 7.21. The minimum absolute atomic E-state index is 0.142. The van der Waals surface area contributed by atoms with Crippen molar-refractivity contribution in [3.63, 3.8) is 0 Å². The van der Waals surface area contributed by atoms with Crippen LogP contribution in [0.5, 0.6) is 0 Å². The molecule has 1 aliphatic heterocycles. The molecule has 2 aromatic rings. The third-order valence-corrected chi connectivity index (χ3v) is 5.40. The second-order valence-electron chi connectivity index (χ2n) is 7.21. The van der Waals surface area contributed by atoms with Crippen LogP contribution in [0.25, 0.3) is 0 Å². The van der Waals surface area contributed by atoms with E-state index in [1.807, 2.05) is 0 Å². The molecule has 0 unspecified atom stereocenters. The lowest BCUT2D eigenvalue weighted by atomic mass is 9.88. The Labute approximate surface area is 162 Å². The fraction of sp³-hybridized carbons (Fsp3) is 0.435. The first kappa shape index (κ1) is 19.6. The van der Waals surface area contributed by atoms with Crippen LogP contribution in [-0.2, 0) is 9.53 Å². The first-order valence-electron chi connectivity index (χ1n) is 9.87. The molecule has 0 aromatic heterocycles. The number of ether oxygens (including phenoxy) is 1. The fourth-order valence-corrected chi connectivity index (χ4v) is 3.86. The predicted octanol–water partition coefficient (Wildman–Crippen LogP) is 3.39. The molecule has 4 heteroatoms. The second kappa shape index (κ2) is 10.2. The first-order valence-corrected chi connectivity index (χ1v) is 9.87. The van der Waals surface area contributed by atoms with Gasteiger partial charge in [-0.15, -0.1) is 0 Å². The highest BCUT2D eigenvalue weighted by atomic mass is 16.5. The molecule has 0 N–H and O–H groups in total. The number of methoxy groups -OCH3 is 1. The monoisotopic (exact) mass is 366 g/mol. The summed E-state index contributed by atoms with van der Waals surface area (Å²) in [6.45, 7) is 5.46. The van der Waals surface area contributed by atoms with Gasteiger partial charge in [-0.25, -0.2) is 0 Å². The molecule has 0 aliphatic carbocycles. The average molecular weight is 367 g/mol. The summed E-state index contributed by atoms with van der Waals surface area (Å²) in [5.74, 6) is 0.276. The van der Waals surface area contributed by atoms with Gasteiger partial charge in [-0.1, -0.05) is 60.7 Å². The zero-order chi connectivity index (χ0) is 18.9. The van der Waals surface area contributed by atoms with E-state index < -0.39 is 0 Å². The van der Waals surface area contributed by atoms with E-state index in [1.165, 1.54) is 18.2 Å². The quantitative estimate of drug-likeness (QED) is 0.703. The van der Waals surface area contributed by atoms with E-state index in [0.717, 1.165) is 45.6 Å². The summed E-state index contributed by atoms with van der Waals surface area (Å²) < 4.78 is 4.80. The van der Waals surface area contributed by atoms with Crippen molar-refractivity contribution in [2.24, 2.45) is 0 Å². The maximum atomic E-state index is 11.5. The maximum Gasteiger partial charge on any atom is 0.319 e. The summed E-state index contributed by atoms with van der Waals surface area (Å²) in [5, 5.41) is 0. The van der Waals surface area contributed by atoms with Crippen molar-refractivity contribution in [3.05, 3.63) is 71.8 Å². The summed E-state index contributed by atoms with van der Waals surface area (Å²) in [6, 6.07) is 21.6. The van der Waals surface area contributed by atoms with E-state index >= 15 is 0 Å². The van der Waals surface area contributed by atoms with E-state index in [-0.39, 0.29) is 5.97 Å². The van der Waals surface area contributed by atoms with Gasteiger partial charge in [0.2, 0.25) is 0 Å². The molecule has 4 nitrogen and oxygen atoms in total.